The van der Waals surface area contributed by atoms with Crippen molar-refractivity contribution in [3.63, 3.8) is 0 Å². The Hall–Kier alpha value is -2.47. The highest BCUT2D eigenvalue weighted by atomic mass is 32.1. The smallest absolute Gasteiger partial charge is 0.228 e. The molecule has 2 aromatic heterocycles. The minimum absolute atomic E-state index is 0.160. The molecule has 0 saturated heterocycles. The summed E-state index contributed by atoms with van der Waals surface area (Å²) >= 11 is 1.57. The van der Waals surface area contributed by atoms with E-state index in [0.717, 1.165) is 22.5 Å². The Labute approximate surface area is 131 Å². The third kappa shape index (κ3) is 3.07. The number of carbonyl (C=O) groups is 1. The lowest BCUT2D eigenvalue weighted by Gasteiger charge is -2.06. The Morgan fingerprint density at radius 1 is 1.32 bits per heavy atom. The van der Waals surface area contributed by atoms with Gasteiger partial charge in [-0.15, -0.1) is 0 Å². The van der Waals surface area contributed by atoms with Gasteiger partial charge in [0.25, 0.3) is 0 Å². The molecule has 6 heteroatoms. The molecule has 2 heterocycles. The van der Waals surface area contributed by atoms with Crippen LogP contribution in [0.25, 0.3) is 11.3 Å². The van der Waals surface area contributed by atoms with Crippen molar-refractivity contribution in [1.82, 2.24) is 10.2 Å². The van der Waals surface area contributed by atoms with Crippen LogP contribution in [0, 0.1) is 12.7 Å². The first kappa shape index (κ1) is 14.5. The van der Waals surface area contributed by atoms with Crippen molar-refractivity contribution in [1.29, 1.82) is 0 Å². The summed E-state index contributed by atoms with van der Waals surface area (Å²) in [6.07, 6.45) is 0.188. The molecule has 0 fully saturated rings. The minimum Gasteiger partial charge on any atom is -0.322 e. The zero-order valence-electron chi connectivity index (χ0n) is 11.9. The average Bonchev–Trinajstić information content (AvgIpc) is 3.12. The number of thiophene rings is 1. The number of halogens is 1. The molecule has 0 radical (unpaired) electrons. The van der Waals surface area contributed by atoms with E-state index >= 15 is 0 Å². The number of aromatic nitrogens is 2. The summed E-state index contributed by atoms with van der Waals surface area (Å²) < 4.78 is 12.9. The quantitative estimate of drug-likeness (QED) is 0.770. The van der Waals surface area contributed by atoms with Crippen molar-refractivity contribution in [2.45, 2.75) is 13.3 Å². The molecule has 1 amide bonds. The molecule has 22 heavy (non-hydrogen) atoms. The maximum Gasteiger partial charge on any atom is 0.228 e. The number of hydrogen-bond donors (Lipinski definition) is 2. The first-order valence-electron chi connectivity index (χ1n) is 6.75. The van der Waals surface area contributed by atoms with Crippen LogP contribution in [0.3, 0.4) is 0 Å². The second-order valence-electron chi connectivity index (χ2n) is 4.94. The summed E-state index contributed by atoms with van der Waals surface area (Å²) in [5, 5.41) is 14.0. The van der Waals surface area contributed by atoms with Crippen LogP contribution >= 0.6 is 11.3 Å². The molecule has 1 aromatic carbocycles. The maximum absolute atomic E-state index is 12.9. The van der Waals surface area contributed by atoms with Gasteiger partial charge in [0.15, 0.2) is 0 Å². The Kier molecular flexibility index (Phi) is 4.02. The third-order valence-corrected chi connectivity index (χ3v) is 3.97. The average molecular weight is 315 g/mol. The number of rotatable bonds is 4. The van der Waals surface area contributed by atoms with Crippen molar-refractivity contribution < 1.29 is 9.18 Å². The Morgan fingerprint density at radius 2 is 2.09 bits per heavy atom. The Balaban J connectivity index is 1.77. The normalized spacial score (nSPS) is 10.6. The van der Waals surface area contributed by atoms with Gasteiger partial charge in [-0.2, -0.15) is 16.4 Å². The third-order valence-electron chi connectivity index (χ3n) is 3.28. The molecule has 0 unspecified atom stereocenters. The zero-order valence-corrected chi connectivity index (χ0v) is 12.7. The molecule has 0 aliphatic carbocycles. The van der Waals surface area contributed by atoms with Crippen LogP contribution < -0.4 is 5.32 Å². The van der Waals surface area contributed by atoms with Gasteiger partial charge in [-0.1, -0.05) is 12.1 Å². The fourth-order valence-electron chi connectivity index (χ4n) is 2.16. The molecule has 112 valence electrons. The van der Waals surface area contributed by atoms with E-state index in [0.29, 0.717) is 5.69 Å². The van der Waals surface area contributed by atoms with E-state index in [1.165, 1.54) is 12.1 Å². The minimum atomic E-state index is -0.311. The highest BCUT2D eigenvalue weighted by Gasteiger charge is 2.15. The van der Waals surface area contributed by atoms with E-state index in [2.05, 4.69) is 15.5 Å². The highest BCUT2D eigenvalue weighted by Crippen LogP contribution is 2.29. The second kappa shape index (κ2) is 6.11. The van der Waals surface area contributed by atoms with Gasteiger partial charge in [-0.05, 0) is 36.1 Å². The number of H-pyrrole nitrogens is 1. The monoisotopic (exact) mass is 315 g/mol. The molecular formula is C16H14FN3OS. The molecule has 0 aliphatic rings. The standard InChI is InChI=1S/C16H14FN3OS/c1-10-15(16(20-19-10)12-6-7-22-9-12)18-14(21)8-11-2-4-13(17)5-3-11/h2-7,9H,8H2,1H3,(H,18,21)(H,19,20). The zero-order chi connectivity index (χ0) is 15.5. The number of nitrogens with zero attached hydrogens (tertiary/aromatic N) is 1. The van der Waals surface area contributed by atoms with Gasteiger partial charge in [-0.25, -0.2) is 4.39 Å². The van der Waals surface area contributed by atoms with Gasteiger partial charge < -0.3 is 5.32 Å². The number of amides is 1. The van der Waals surface area contributed by atoms with Crippen LogP contribution in [-0.4, -0.2) is 16.1 Å². The number of benzene rings is 1. The maximum atomic E-state index is 12.9. The molecule has 3 aromatic rings. The number of hydrogen-bond acceptors (Lipinski definition) is 3. The van der Waals surface area contributed by atoms with Crippen LogP contribution in [0.1, 0.15) is 11.3 Å². The summed E-state index contributed by atoms with van der Waals surface area (Å²) in [6.45, 7) is 1.86. The van der Waals surface area contributed by atoms with Gasteiger partial charge >= 0.3 is 0 Å². The molecule has 4 nitrogen and oxygen atoms in total. The lowest BCUT2D eigenvalue weighted by atomic mass is 10.1. The fourth-order valence-corrected chi connectivity index (χ4v) is 2.80. The summed E-state index contributed by atoms with van der Waals surface area (Å²) in [4.78, 5) is 12.2. The SMILES string of the molecule is Cc1[nH]nc(-c2ccsc2)c1NC(=O)Cc1ccc(F)cc1. The van der Waals surface area contributed by atoms with E-state index in [1.54, 1.807) is 23.5 Å². The summed E-state index contributed by atoms with van der Waals surface area (Å²) in [5.74, 6) is -0.470. The summed E-state index contributed by atoms with van der Waals surface area (Å²) in [7, 11) is 0. The topological polar surface area (TPSA) is 57.8 Å². The largest absolute Gasteiger partial charge is 0.322 e. The summed E-state index contributed by atoms with van der Waals surface area (Å²) in [5.41, 5.74) is 3.94. The molecule has 0 atom stereocenters. The van der Waals surface area contributed by atoms with Crippen molar-refractivity contribution in [2.75, 3.05) is 5.32 Å². The Morgan fingerprint density at radius 3 is 2.77 bits per heavy atom. The fraction of sp³-hybridized carbons (Fsp3) is 0.125. The van der Waals surface area contributed by atoms with Crippen LogP contribution in [0.5, 0.6) is 0 Å². The van der Waals surface area contributed by atoms with Crippen LogP contribution in [0.15, 0.2) is 41.1 Å². The van der Waals surface area contributed by atoms with Gasteiger partial charge in [0.2, 0.25) is 5.91 Å². The number of nitrogens with one attached hydrogen (secondary N) is 2. The molecule has 0 saturated carbocycles. The van der Waals surface area contributed by atoms with E-state index < -0.39 is 0 Å². The Bertz CT molecular complexity index is 778. The molecule has 0 bridgehead atoms. The predicted octanol–water partition coefficient (Wildman–Crippen LogP) is 3.77. The number of anilines is 1. The van der Waals surface area contributed by atoms with Gasteiger partial charge in [0.05, 0.1) is 17.8 Å². The first-order valence-corrected chi connectivity index (χ1v) is 7.69. The van der Waals surface area contributed by atoms with Gasteiger partial charge in [-0.3, -0.25) is 9.89 Å². The second-order valence-corrected chi connectivity index (χ2v) is 5.72. The van der Waals surface area contributed by atoms with Crippen molar-refractivity contribution in [2.24, 2.45) is 0 Å². The molecule has 2 N–H and O–H groups in total. The van der Waals surface area contributed by atoms with Crippen LogP contribution in [-0.2, 0) is 11.2 Å². The van der Waals surface area contributed by atoms with E-state index in [9.17, 15) is 9.18 Å². The van der Waals surface area contributed by atoms with E-state index in [-0.39, 0.29) is 18.1 Å². The van der Waals surface area contributed by atoms with Crippen molar-refractivity contribution >= 4 is 22.9 Å². The van der Waals surface area contributed by atoms with Crippen molar-refractivity contribution in [3.05, 3.63) is 58.2 Å². The molecule has 0 aliphatic heterocycles. The molecule has 0 spiro atoms. The number of carbonyl (C=O) groups excluding carboxylic acids is 1. The number of aromatic amines is 1. The van der Waals surface area contributed by atoms with Crippen LogP contribution in [0.2, 0.25) is 0 Å². The van der Waals surface area contributed by atoms with E-state index in [1.807, 2.05) is 23.8 Å². The molecule has 3 rings (SSSR count). The highest BCUT2D eigenvalue weighted by molar-refractivity contribution is 7.08. The van der Waals surface area contributed by atoms with Gasteiger partial charge in [0, 0.05) is 10.9 Å². The number of aryl methyl sites for hydroxylation is 1. The molecular weight excluding hydrogens is 301 g/mol. The van der Waals surface area contributed by atoms with Crippen molar-refractivity contribution in [3.8, 4) is 11.3 Å². The lowest BCUT2D eigenvalue weighted by Crippen LogP contribution is -2.15. The summed E-state index contributed by atoms with van der Waals surface area (Å²) in [6, 6.07) is 7.87. The van der Waals surface area contributed by atoms with Crippen LogP contribution in [0.4, 0.5) is 10.1 Å². The van der Waals surface area contributed by atoms with Gasteiger partial charge in [0.1, 0.15) is 11.5 Å². The van der Waals surface area contributed by atoms with E-state index in [4.69, 9.17) is 0 Å². The lowest BCUT2D eigenvalue weighted by molar-refractivity contribution is -0.115. The predicted molar refractivity (Wildman–Crippen MR) is 85.4 cm³/mol. The first-order chi connectivity index (χ1) is 10.6.